The lowest BCUT2D eigenvalue weighted by Gasteiger charge is -2.12. The maximum Gasteiger partial charge on any atom is 0.191 e. The molecule has 5 heteroatoms. The van der Waals surface area contributed by atoms with Gasteiger partial charge >= 0.3 is 0 Å². The zero-order valence-electron chi connectivity index (χ0n) is 14.2. The number of pyridine rings is 1. The summed E-state index contributed by atoms with van der Waals surface area (Å²) in [4.78, 5) is 9.15. The van der Waals surface area contributed by atoms with Gasteiger partial charge < -0.3 is 10.6 Å². The number of fused-ring (bicyclic) bond motifs is 1. The van der Waals surface area contributed by atoms with Crippen LogP contribution < -0.4 is 10.6 Å². The van der Waals surface area contributed by atoms with E-state index in [1.165, 1.54) is 10.8 Å². The summed E-state index contributed by atoms with van der Waals surface area (Å²) in [6.45, 7) is 8.91. The Morgan fingerprint density at radius 2 is 1.96 bits per heavy atom. The first-order valence-corrected chi connectivity index (χ1v) is 8.05. The lowest BCUT2D eigenvalue weighted by atomic mass is 10.1. The Bertz CT molecular complexity index is 620. The van der Waals surface area contributed by atoms with E-state index in [2.05, 4.69) is 53.5 Å². The predicted molar refractivity (Wildman–Crippen MR) is 109 cm³/mol. The monoisotopic (exact) mass is 426 g/mol. The summed E-state index contributed by atoms with van der Waals surface area (Å²) in [5.74, 6) is 1.55. The van der Waals surface area contributed by atoms with Crippen LogP contribution in [0.3, 0.4) is 0 Å². The fourth-order valence-corrected chi connectivity index (χ4v) is 2.28. The maximum absolute atomic E-state index is 4.66. The molecule has 0 saturated heterocycles. The molecule has 0 aliphatic heterocycles. The van der Waals surface area contributed by atoms with Gasteiger partial charge in [-0.15, -0.1) is 24.0 Å². The van der Waals surface area contributed by atoms with Gasteiger partial charge in [0.05, 0.1) is 12.2 Å². The summed E-state index contributed by atoms with van der Waals surface area (Å²) in [6, 6.07) is 10.3. The molecule has 2 aromatic rings. The Kier molecular flexibility index (Phi) is 8.91. The largest absolute Gasteiger partial charge is 0.357 e. The average Bonchev–Trinajstić information content (AvgIpc) is 2.52. The number of rotatable bonds is 6. The van der Waals surface area contributed by atoms with Gasteiger partial charge in [-0.3, -0.25) is 4.98 Å². The number of aliphatic imine (C=N–C) groups is 1. The summed E-state index contributed by atoms with van der Waals surface area (Å²) in [7, 11) is 0. The number of hydrogen-bond acceptors (Lipinski definition) is 2. The van der Waals surface area contributed by atoms with Crippen molar-refractivity contribution in [2.24, 2.45) is 10.9 Å². The number of guanidine groups is 1. The van der Waals surface area contributed by atoms with Crippen molar-refractivity contribution in [1.82, 2.24) is 15.6 Å². The van der Waals surface area contributed by atoms with Crippen molar-refractivity contribution in [3.63, 3.8) is 0 Å². The molecule has 0 aliphatic carbocycles. The summed E-state index contributed by atoms with van der Waals surface area (Å²) in [5, 5.41) is 9.05. The van der Waals surface area contributed by atoms with Gasteiger partial charge in [0, 0.05) is 24.7 Å². The Hall–Kier alpha value is -1.37. The molecule has 0 aliphatic rings. The highest BCUT2D eigenvalue weighted by Gasteiger charge is 2.03. The molecule has 1 heterocycles. The summed E-state index contributed by atoms with van der Waals surface area (Å²) < 4.78 is 0. The lowest BCUT2D eigenvalue weighted by Crippen LogP contribution is -2.38. The zero-order chi connectivity index (χ0) is 15.8. The Morgan fingerprint density at radius 1 is 1.17 bits per heavy atom. The first-order valence-electron chi connectivity index (χ1n) is 8.05. The van der Waals surface area contributed by atoms with Crippen LogP contribution in [0.25, 0.3) is 10.8 Å². The Morgan fingerprint density at radius 3 is 2.70 bits per heavy atom. The van der Waals surface area contributed by atoms with E-state index in [-0.39, 0.29) is 24.0 Å². The summed E-state index contributed by atoms with van der Waals surface area (Å²) in [5.41, 5.74) is 1.01. The first kappa shape index (κ1) is 19.7. The normalized spacial score (nSPS) is 11.4. The van der Waals surface area contributed by atoms with E-state index in [1.54, 1.807) is 0 Å². The fraction of sp³-hybridized carbons (Fsp3) is 0.444. The van der Waals surface area contributed by atoms with Crippen molar-refractivity contribution in [1.29, 1.82) is 0 Å². The molecule has 0 fully saturated rings. The molecule has 23 heavy (non-hydrogen) atoms. The van der Waals surface area contributed by atoms with E-state index in [0.717, 1.165) is 31.2 Å². The minimum absolute atomic E-state index is 0. The van der Waals surface area contributed by atoms with Gasteiger partial charge in [0.15, 0.2) is 5.96 Å². The molecule has 0 bridgehead atoms. The van der Waals surface area contributed by atoms with E-state index in [4.69, 9.17) is 0 Å². The molecule has 0 unspecified atom stereocenters. The van der Waals surface area contributed by atoms with Crippen molar-refractivity contribution in [2.75, 3.05) is 13.1 Å². The second kappa shape index (κ2) is 10.4. The van der Waals surface area contributed by atoms with Crippen LogP contribution in [-0.4, -0.2) is 24.0 Å². The molecule has 1 aromatic carbocycles. The van der Waals surface area contributed by atoms with Crippen LogP contribution in [0.5, 0.6) is 0 Å². The molecule has 2 N–H and O–H groups in total. The van der Waals surface area contributed by atoms with Crippen LogP contribution in [0.4, 0.5) is 0 Å². The molecule has 126 valence electrons. The number of nitrogens with zero attached hydrogens (tertiary/aromatic N) is 2. The van der Waals surface area contributed by atoms with Crippen molar-refractivity contribution < 1.29 is 0 Å². The number of halogens is 1. The molecule has 0 atom stereocenters. The minimum atomic E-state index is 0. The number of benzene rings is 1. The third kappa shape index (κ3) is 6.33. The molecule has 2 rings (SSSR count). The highest BCUT2D eigenvalue weighted by atomic mass is 127. The highest BCUT2D eigenvalue weighted by molar-refractivity contribution is 14.0. The number of hydrogen-bond donors (Lipinski definition) is 2. The van der Waals surface area contributed by atoms with Gasteiger partial charge in [-0.2, -0.15) is 0 Å². The van der Waals surface area contributed by atoms with Crippen LogP contribution >= 0.6 is 24.0 Å². The number of nitrogens with one attached hydrogen (secondary N) is 2. The molecule has 0 spiro atoms. The quantitative estimate of drug-likeness (QED) is 0.418. The second-order valence-electron chi connectivity index (χ2n) is 5.78. The second-order valence-corrected chi connectivity index (χ2v) is 5.78. The van der Waals surface area contributed by atoms with E-state index < -0.39 is 0 Å². The fourth-order valence-electron chi connectivity index (χ4n) is 2.28. The van der Waals surface area contributed by atoms with E-state index in [9.17, 15) is 0 Å². The zero-order valence-corrected chi connectivity index (χ0v) is 16.5. The molecular formula is C18H27IN4. The summed E-state index contributed by atoms with van der Waals surface area (Å²) >= 11 is 0. The molecule has 0 amide bonds. The van der Waals surface area contributed by atoms with Gasteiger partial charge in [0.1, 0.15) is 0 Å². The first-order chi connectivity index (χ1) is 10.7. The van der Waals surface area contributed by atoms with E-state index in [1.807, 2.05) is 24.4 Å². The third-order valence-corrected chi connectivity index (χ3v) is 3.50. The van der Waals surface area contributed by atoms with Gasteiger partial charge in [0.25, 0.3) is 0 Å². The Balaban J connectivity index is 0.00000264. The van der Waals surface area contributed by atoms with Gasteiger partial charge in [0.2, 0.25) is 0 Å². The maximum atomic E-state index is 4.66. The molecule has 0 radical (unpaired) electrons. The smallest absolute Gasteiger partial charge is 0.191 e. The summed E-state index contributed by atoms with van der Waals surface area (Å²) in [6.07, 6.45) is 2.99. The predicted octanol–water partition coefficient (Wildman–Crippen LogP) is 3.95. The third-order valence-electron chi connectivity index (χ3n) is 3.50. The Labute approximate surface area is 156 Å². The number of aromatic nitrogens is 1. The minimum Gasteiger partial charge on any atom is -0.357 e. The topological polar surface area (TPSA) is 49.3 Å². The van der Waals surface area contributed by atoms with Crippen molar-refractivity contribution in [3.8, 4) is 0 Å². The van der Waals surface area contributed by atoms with E-state index in [0.29, 0.717) is 12.5 Å². The standard InChI is InChI=1S/C18H26N4.HI/c1-4-19-18(21-11-9-14(2)3)22-13-17-16-8-6-5-7-15(16)10-12-20-17;/h5-8,10,12,14H,4,9,11,13H2,1-3H3,(H2,19,21,22);1H. The van der Waals surface area contributed by atoms with Crippen molar-refractivity contribution in [2.45, 2.75) is 33.7 Å². The van der Waals surface area contributed by atoms with Gasteiger partial charge in [-0.1, -0.05) is 38.1 Å². The molecule has 4 nitrogen and oxygen atoms in total. The van der Waals surface area contributed by atoms with Gasteiger partial charge in [-0.05, 0) is 30.7 Å². The van der Waals surface area contributed by atoms with Crippen molar-refractivity contribution >= 4 is 40.7 Å². The SMILES string of the molecule is CCNC(=NCc1nccc2ccccc12)NCCC(C)C.I. The van der Waals surface area contributed by atoms with Crippen LogP contribution in [0, 0.1) is 5.92 Å². The van der Waals surface area contributed by atoms with Crippen molar-refractivity contribution in [3.05, 3.63) is 42.2 Å². The van der Waals surface area contributed by atoms with E-state index >= 15 is 0 Å². The molecular weight excluding hydrogens is 399 g/mol. The average molecular weight is 426 g/mol. The molecule has 1 aromatic heterocycles. The van der Waals surface area contributed by atoms with Crippen LogP contribution in [0.15, 0.2) is 41.5 Å². The van der Waals surface area contributed by atoms with Crippen LogP contribution in [0.2, 0.25) is 0 Å². The lowest BCUT2D eigenvalue weighted by molar-refractivity contribution is 0.573. The molecule has 0 saturated carbocycles. The van der Waals surface area contributed by atoms with Gasteiger partial charge in [-0.25, -0.2) is 4.99 Å². The highest BCUT2D eigenvalue weighted by Crippen LogP contribution is 2.16. The van der Waals surface area contributed by atoms with Crippen LogP contribution in [0.1, 0.15) is 32.9 Å². The van der Waals surface area contributed by atoms with Crippen LogP contribution in [-0.2, 0) is 6.54 Å².